The molecule has 1 unspecified atom stereocenters. The molecule has 3 rings (SSSR count). The van der Waals surface area contributed by atoms with E-state index in [0.717, 1.165) is 4.90 Å². The number of esters is 1. The number of carbonyl (C=O) groups is 4. The molecule has 0 radical (unpaired) electrons. The van der Waals surface area contributed by atoms with Crippen LogP contribution in [-0.2, 0) is 4.74 Å². The van der Waals surface area contributed by atoms with Gasteiger partial charge in [-0.25, -0.2) is 4.79 Å². The average Bonchev–Trinajstić information content (AvgIpc) is 2.92. The van der Waals surface area contributed by atoms with Gasteiger partial charge in [0.2, 0.25) is 5.78 Å². The minimum Gasteiger partial charge on any atom is -0.451 e. The molecule has 1 atom stereocenters. The van der Waals surface area contributed by atoms with Crippen molar-refractivity contribution in [2.45, 2.75) is 13.0 Å². The number of Topliss-reactive ketones (excluding diaryl/α,β-unsaturated/α-hetero) is 1. The Labute approximate surface area is 156 Å². The number of hydrogen-bond acceptors (Lipinski definition) is 5. The van der Waals surface area contributed by atoms with Crippen LogP contribution < -0.4 is 0 Å². The van der Waals surface area contributed by atoms with Crippen molar-refractivity contribution in [2.24, 2.45) is 0 Å². The zero-order valence-electron chi connectivity index (χ0n) is 14.7. The molecular weight excluding hydrogens is 346 g/mol. The Bertz CT molecular complexity index is 948. The first kappa shape index (κ1) is 18.3. The van der Waals surface area contributed by atoms with E-state index in [1.807, 2.05) is 0 Å². The van der Waals surface area contributed by atoms with Crippen LogP contribution in [0.4, 0.5) is 0 Å². The van der Waals surface area contributed by atoms with Gasteiger partial charge in [0.15, 0.2) is 6.10 Å². The Morgan fingerprint density at radius 1 is 1.04 bits per heavy atom. The number of ketones is 1. The normalized spacial score (nSPS) is 13.9. The fourth-order valence-electron chi connectivity index (χ4n) is 2.83. The van der Waals surface area contributed by atoms with Crippen LogP contribution in [0, 0.1) is 0 Å². The molecule has 6 nitrogen and oxygen atoms in total. The summed E-state index contributed by atoms with van der Waals surface area (Å²) in [4.78, 5) is 50.3. The van der Waals surface area contributed by atoms with Crippen LogP contribution in [0.15, 0.2) is 61.2 Å². The third-order valence-electron chi connectivity index (χ3n) is 4.23. The number of benzene rings is 2. The summed E-state index contributed by atoms with van der Waals surface area (Å²) in [6.07, 6.45) is 0.469. The second kappa shape index (κ2) is 7.37. The molecule has 1 heterocycles. The summed E-state index contributed by atoms with van der Waals surface area (Å²) in [5.74, 6) is -1.98. The third-order valence-corrected chi connectivity index (χ3v) is 4.23. The number of carbonyl (C=O) groups excluding carboxylic acids is 4. The Morgan fingerprint density at radius 2 is 1.70 bits per heavy atom. The van der Waals surface area contributed by atoms with Gasteiger partial charge in [-0.15, -0.1) is 6.58 Å². The lowest BCUT2D eigenvalue weighted by Crippen LogP contribution is -2.29. The van der Waals surface area contributed by atoms with Crippen LogP contribution in [0.3, 0.4) is 0 Å². The van der Waals surface area contributed by atoms with E-state index >= 15 is 0 Å². The van der Waals surface area contributed by atoms with Crippen molar-refractivity contribution in [3.8, 4) is 0 Å². The van der Waals surface area contributed by atoms with Gasteiger partial charge in [-0.3, -0.25) is 19.3 Å². The Morgan fingerprint density at radius 3 is 2.37 bits per heavy atom. The van der Waals surface area contributed by atoms with Crippen molar-refractivity contribution in [1.29, 1.82) is 0 Å². The predicted molar refractivity (Wildman–Crippen MR) is 97.7 cm³/mol. The largest absolute Gasteiger partial charge is 0.451 e. The smallest absolute Gasteiger partial charge is 0.338 e. The van der Waals surface area contributed by atoms with E-state index in [1.165, 1.54) is 31.2 Å². The number of imide groups is 1. The van der Waals surface area contributed by atoms with Gasteiger partial charge in [0.05, 0.1) is 16.7 Å². The van der Waals surface area contributed by atoms with Gasteiger partial charge in [-0.05, 0) is 25.1 Å². The highest BCUT2D eigenvalue weighted by Crippen LogP contribution is 2.24. The molecule has 2 aromatic rings. The fourth-order valence-corrected chi connectivity index (χ4v) is 2.83. The number of amides is 2. The molecule has 0 N–H and O–H groups in total. The molecule has 0 fully saturated rings. The SMILES string of the molecule is C=CCN1C(=O)c2ccc(C(=O)OC(C)C(=O)c3ccccc3)cc2C1=O. The number of fused-ring (bicyclic) bond motifs is 1. The lowest BCUT2D eigenvalue weighted by molar-refractivity contribution is 0.0318. The summed E-state index contributed by atoms with van der Waals surface area (Å²) in [6.45, 7) is 5.10. The van der Waals surface area contributed by atoms with Gasteiger partial charge >= 0.3 is 5.97 Å². The maximum absolute atomic E-state index is 12.4. The second-order valence-electron chi connectivity index (χ2n) is 6.05. The molecule has 0 aliphatic carbocycles. The van der Waals surface area contributed by atoms with E-state index < -0.39 is 23.9 Å². The Balaban J connectivity index is 1.77. The molecule has 1 aliphatic rings. The molecule has 27 heavy (non-hydrogen) atoms. The second-order valence-corrected chi connectivity index (χ2v) is 6.05. The molecule has 0 bridgehead atoms. The van der Waals surface area contributed by atoms with Crippen LogP contribution in [0.2, 0.25) is 0 Å². The average molecular weight is 363 g/mol. The van der Waals surface area contributed by atoms with Crippen LogP contribution >= 0.6 is 0 Å². The highest BCUT2D eigenvalue weighted by Gasteiger charge is 2.35. The lowest BCUT2D eigenvalue weighted by Gasteiger charge is -2.12. The van der Waals surface area contributed by atoms with Crippen LogP contribution in [0.25, 0.3) is 0 Å². The summed E-state index contributed by atoms with van der Waals surface area (Å²) in [5.41, 5.74) is 0.904. The molecule has 0 spiro atoms. The zero-order valence-corrected chi connectivity index (χ0v) is 14.7. The van der Waals surface area contributed by atoms with Crippen molar-refractivity contribution in [1.82, 2.24) is 4.90 Å². The van der Waals surface area contributed by atoms with Crippen LogP contribution in [0.5, 0.6) is 0 Å². The maximum Gasteiger partial charge on any atom is 0.338 e. The summed E-state index contributed by atoms with van der Waals surface area (Å²) in [5, 5.41) is 0. The number of rotatable bonds is 6. The molecule has 6 heteroatoms. The number of hydrogen-bond donors (Lipinski definition) is 0. The van der Waals surface area contributed by atoms with Crippen molar-refractivity contribution >= 4 is 23.6 Å². The van der Waals surface area contributed by atoms with Crippen molar-refractivity contribution in [3.05, 3.63) is 83.4 Å². The summed E-state index contributed by atoms with van der Waals surface area (Å²) >= 11 is 0. The van der Waals surface area contributed by atoms with Crippen LogP contribution in [-0.4, -0.2) is 41.1 Å². The van der Waals surface area contributed by atoms with Crippen LogP contribution in [0.1, 0.15) is 48.4 Å². The molecule has 1 aliphatic heterocycles. The van der Waals surface area contributed by atoms with Crippen molar-refractivity contribution in [3.63, 3.8) is 0 Å². The quantitative estimate of drug-likeness (QED) is 0.341. The van der Waals surface area contributed by atoms with Crippen molar-refractivity contribution in [2.75, 3.05) is 6.54 Å². The molecule has 0 aromatic heterocycles. The number of ether oxygens (including phenoxy) is 1. The van der Waals surface area contributed by atoms with E-state index in [9.17, 15) is 19.2 Å². The lowest BCUT2D eigenvalue weighted by atomic mass is 10.1. The highest BCUT2D eigenvalue weighted by molar-refractivity contribution is 6.22. The van der Waals surface area contributed by atoms with E-state index in [-0.39, 0.29) is 29.0 Å². The van der Waals surface area contributed by atoms with E-state index in [1.54, 1.807) is 30.3 Å². The van der Waals surface area contributed by atoms with Gasteiger partial charge in [0.1, 0.15) is 0 Å². The Hall–Kier alpha value is -3.54. The first-order valence-electron chi connectivity index (χ1n) is 8.35. The first-order chi connectivity index (χ1) is 12.9. The molecule has 2 aromatic carbocycles. The maximum atomic E-state index is 12.4. The van der Waals surface area contributed by atoms with E-state index in [2.05, 4.69) is 6.58 Å². The van der Waals surface area contributed by atoms with Gasteiger partial charge in [-0.2, -0.15) is 0 Å². The molecule has 0 saturated heterocycles. The Kier molecular flexibility index (Phi) is 4.98. The standard InChI is InChI=1S/C21H17NO5/c1-3-11-22-19(24)16-10-9-15(12-17(16)20(22)25)21(26)27-13(2)18(23)14-7-5-4-6-8-14/h3-10,12-13H,1,11H2,2H3. The minimum atomic E-state index is -0.984. The summed E-state index contributed by atoms with van der Waals surface area (Å²) in [7, 11) is 0. The molecule has 2 amide bonds. The summed E-state index contributed by atoms with van der Waals surface area (Å²) < 4.78 is 5.23. The van der Waals surface area contributed by atoms with E-state index in [4.69, 9.17) is 4.74 Å². The number of nitrogens with zero attached hydrogens (tertiary/aromatic N) is 1. The predicted octanol–water partition coefficient (Wildman–Crippen LogP) is 2.90. The van der Waals surface area contributed by atoms with E-state index in [0.29, 0.717) is 5.56 Å². The zero-order chi connectivity index (χ0) is 19.6. The molecule has 0 saturated carbocycles. The molecule has 136 valence electrons. The van der Waals surface area contributed by atoms with Gasteiger partial charge in [-0.1, -0.05) is 36.4 Å². The monoisotopic (exact) mass is 363 g/mol. The summed E-state index contributed by atoms with van der Waals surface area (Å²) in [6, 6.07) is 12.6. The highest BCUT2D eigenvalue weighted by atomic mass is 16.5. The third kappa shape index (κ3) is 3.42. The fraction of sp³-hybridized carbons (Fsp3) is 0.143. The molecular formula is C21H17NO5. The van der Waals surface area contributed by atoms with Gasteiger partial charge in [0.25, 0.3) is 11.8 Å². The van der Waals surface area contributed by atoms with Crippen molar-refractivity contribution < 1.29 is 23.9 Å². The minimum absolute atomic E-state index is 0.0920. The van der Waals surface area contributed by atoms with Gasteiger partial charge < -0.3 is 4.74 Å². The van der Waals surface area contributed by atoms with Gasteiger partial charge in [0, 0.05) is 12.1 Å². The first-order valence-corrected chi connectivity index (χ1v) is 8.35. The topological polar surface area (TPSA) is 80.8 Å².